The van der Waals surface area contributed by atoms with Crippen LogP contribution in [-0.2, 0) is 173 Å². The quantitative estimate of drug-likeness (QED) is 0.0275. The Morgan fingerprint density at radius 2 is 0.600 bits per heavy atom. The monoisotopic (exact) mass is 1640 g/mol. The van der Waals surface area contributed by atoms with Crippen LogP contribution in [0.3, 0.4) is 0 Å². The Balaban J connectivity index is 0.963. The van der Waals surface area contributed by atoms with E-state index in [1.807, 2.05) is 273 Å². The molecule has 4 saturated heterocycles. The standard InChI is InChI=1S/C95H104O25/c1-63(96)104-62-79(111-64(2)97)83-87(112-65(3)98)91(113-66(4)99)95(117-83)118-85-80(106-54-71-40-22-9-23-41-71)77(60-102-51-68-34-16-6-17-35-68)114-92(100)88(85)120-93-90(110-58-75-48-30-13-31-49-75)86(81(107-55-72-42-24-10-25-43-72)78(115-93)61-103-52-69-36-18-7-19-37-69)119-94-89(109-57-74-46-28-12-29-47-74)84(108-56-73-44-26-11-27-45-73)82(116-94)76(105-53-70-38-20-8-21-39-70)59-101-50-67-32-14-5-15-33-67/h5-49,76-95,100H,50-62H2,1-4H3/t76-,77-,78-,79-,80-,81-,82+,83+,84+,85+,86+,87+,88+,89-,90+,91-,92+,93-,94+,95+/m1/s1. The molecule has 25 nitrogen and oxygen atoms in total. The van der Waals surface area contributed by atoms with E-state index in [9.17, 15) is 24.3 Å². The third-order valence-electron chi connectivity index (χ3n) is 20.5. The number of rotatable bonds is 43. The highest BCUT2D eigenvalue weighted by Crippen LogP contribution is 2.42. The molecule has 25 heteroatoms. The highest BCUT2D eigenvalue weighted by Gasteiger charge is 2.61. The molecule has 4 aliphatic heterocycles. The maximum Gasteiger partial charge on any atom is 0.303 e. The van der Waals surface area contributed by atoms with Crippen LogP contribution in [0.1, 0.15) is 77.8 Å². The second-order valence-corrected chi connectivity index (χ2v) is 29.6. The number of ether oxygens (including phenoxy) is 20. The summed E-state index contributed by atoms with van der Waals surface area (Å²) in [7, 11) is 0. The van der Waals surface area contributed by atoms with Crippen LogP contribution in [-0.4, -0.2) is 178 Å². The number of hydrogen-bond donors (Lipinski definition) is 1. The molecule has 0 aromatic heterocycles. The van der Waals surface area contributed by atoms with Crippen LogP contribution in [0.4, 0.5) is 0 Å². The summed E-state index contributed by atoms with van der Waals surface area (Å²) in [5.41, 5.74) is 7.41. The molecule has 120 heavy (non-hydrogen) atoms. The lowest BCUT2D eigenvalue weighted by Crippen LogP contribution is -2.67. The lowest BCUT2D eigenvalue weighted by molar-refractivity contribution is -0.393. The Labute approximate surface area is 699 Å². The van der Waals surface area contributed by atoms with Crippen molar-refractivity contribution >= 4 is 23.9 Å². The number of esters is 4. The van der Waals surface area contributed by atoms with Gasteiger partial charge in [0.05, 0.1) is 79.3 Å². The van der Waals surface area contributed by atoms with Gasteiger partial charge in [0, 0.05) is 27.7 Å². The van der Waals surface area contributed by atoms with Crippen molar-refractivity contribution in [1.29, 1.82) is 0 Å². The SMILES string of the molecule is CC(=O)OC[C@@H](OC(C)=O)[C@@H]1O[C@@H](O[C@@H]2[C@H](O[C@H]3O[C@H](COCc4ccccc4)[C@@H](OCc4ccccc4)[C@H](O[C@@H]4O[C@@H]([C@@H](COCc5ccccc5)OCc5ccccc5)[C@H](OCc5ccccc5)[C@H]4OCc4ccccc4)[C@@H]3OCc3ccccc3)[C@@H](O)O[C@H](COCc3ccccc3)[C@H]2OCc2ccccc2)[C@H](OC(C)=O)[C@H]1OC(C)=O. The maximum absolute atomic E-state index is 13.6. The number of hydrogen-bond acceptors (Lipinski definition) is 25. The molecule has 0 amide bonds. The molecule has 9 aromatic carbocycles. The van der Waals surface area contributed by atoms with Crippen molar-refractivity contribution in [2.24, 2.45) is 0 Å². The predicted molar refractivity (Wildman–Crippen MR) is 433 cm³/mol. The average Bonchev–Trinajstić information content (AvgIpc) is 1.40. The number of benzene rings is 9. The molecule has 0 saturated carbocycles. The van der Waals surface area contributed by atoms with Crippen LogP contribution in [0.2, 0.25) is 0 Å². The van der Waals surface area contributed by atoms with Crippen molar-refractivity contribution < 1.29 is 119 Å². The van der Waals surface area contributed by atoms with Gasteiger partial charge in [0.15, 0.2) is 43.5 Å². The Bertz CT molecular complexity index is 4480. The van der Waals surface area contributed by atoms with Gasteiger partial charge in [-0.15, -0.1) is 0 Å². The van der Waals surface area contributed by atoms with Gasteiger partial charge in [-0.2, -0.15) is 0 Å². The first-order chi connectivity index (χ1) is 58.7. The van der Waals surface area contributed by atoms with Crippen LogP contribution in [0, 0.1) is 0 Å². The van der Waals surface area contributed by atoms with E-state index < -0.39 is 153 Å². The molecule has 13 rings (SSSR count). The molecule has 0 spiro atoms. The molecule has 4 heterocycles. The zero-order valence-corrected chi connectivity index (χ0v) is 67.5. The van der Waals surface area contributed by atoms with Crippen LogP contribution in [0.15, 0.2) is 273 Å². The third kappa shape index (κ3) is 25.9. The van der Waals surface area contributed by atoms with Gasteiger partial charge in [-0.3, -0.25) is 19.2 Å². The van der Waals surface area contributed by atoms with Crippen LogP contribution in [0.25, 0.3) is 0 Å². The lowest BCUT2D eigenvalue weighted by Gasteiger charge is -2.50. The smallest absolute Gasteiger partial charge is 0.303 e. The van der Waals surface area contributed by atoms with E-state index in [0.29, 0.717) is 5.56 Å². The van der Waals surface area contributed by atoms with Gasteiger partial charge in [0.25, 0.3) is 0 Å². The highest BCUT2D eigenvalue weighted by atomic mass is 16.8. The summed E-state index contributed by atoms with van der Waals surface area (Å²) in [5, 5.41) is 13.3. The van der Waals surface area contributed by atoms with Crippen LogP contribution < -0.4 is 0 Å². The Hall–Kier alpha value is -9.82. The highest BCUT2D eigenvalue weighted by molar-refractivity contribution is 5.68. The molecule has 4 fully saturated rings. The molecule has 4 aliphatic rings. The summed E-state index contributed by atoms with van der Waals surface area (Å²) in [6.45, 7) is 4.02. The van der Waals surface area contributed by atoms with Gasteiger partial charge in [-0.1, -0.05) is 273 Å². The Morgan fingerprint density at radius 1 is 0.292 bits per heavy atom. The number of carbonyl (C=O) groups is 4. The van der Waals surface area contributed by atoms with E-state index in [1.54, 1.807) is 0 Å². The van der Waals surface area contributed by atoms with Crippen molar-refractivity contribution in [3.8, 4) is 0 Å². The fourth-order valence-electron chi connectivity index (χ4n) is 14.8. The van der Waals surface area contributed by atoms with E-state index in [1.165, 1.54) is 0 Å². The average molecular weight is 1650 g/mol. The minimum atomic E-state index is -2.02. The summed E-state index contributed by atoms with van der Waals surface area (Å²) in [6.07, 6.45) is -28.6. The largest absolute Gasteiger partial charge is 0.462 e. The zero-order valence-electron chi connectivity index (χ0n) is 67.5. The van der Waals surface area contributed by atoms with Crippen molar-refractivity contribution in [3.63, 3.8) is 0 Å². The lowest BCUT2D eigenvalue weighted by atomic mass is 9.95. The van der Waals surface area contributed by atoms with E-state index in [-0.39, 0.29) is 79.3 Å². The first-order valence-corrected chi connectivity index (χ1v) is 40.4. The minimum Gasteiger partial charge on any atom is -0.462 e. The van der Waals surface area contributed by atoms with E-state index >= 15 is 0 Å². The third-order valence-corrected chi connectivity index (χ3v) is 20.5. The summed E-state index contributed by atoms with van der Waals surface area (Å²) in [6, 6.07) is 86.4. The number of aliphatic hydroxyl groups excluding tert-OH is 1. The molecule has 0 radical (unpaired) electrons. The Morgan fingerprint density at radius 3 is 0.992 bits per heavy atom. The Kier molecular flexibility index (Phi) is 33.5. The molecule has 0 bridgehead atoms. The maximum atomic E-state index is 13.6. The fourth-order valence-corrected chi connectivity index (χ4v) is 14.8. The van der Waals surface area contributed by atoms with Crippen molar-refractivity contribution in [2.75, 3.05) is 26.4 Å². The second kappa shape index (κ2) is 45.7. The van der Waals surface area contributed by atoms with E-state index in [2.05, 4.69) is 0 Å². The first kappa shape index (κ1) is 88.0. The van der Waals surface area contributed by atoms with Gasteiger partial charge >= 0.3 is 23.9 Å². The van der Waals surface area contributed by atoms with Gasteiger partial charge in [0.1, 0.15) is 86.0 Å². The fraction of sp³-hybridized carbons (Fsp3) is 0.389. The van der Waals surface area contributed by atoms with Crippen LogP contribution in [0.5, 0.6) is 0 Å². The molecular formula is C95H104O25. The van der Waals surface area contributed by atoms with E-state index in [4.69, 9.17) is 94.7 Å². The van der Waals surface area contributed by atoms with Gasteiger partial charge in [-0.05, 0) is 50.1 Å². The van der Waals surface area contributed by atoms with Crippen LogP contribution >= 0.6 is 0 Å². The molecule has 0 aliphatic carbocycles. The van der Waals surface area contributed by atoms with Crippen molar-refractivity contribution in [3.05, 3.63) is 323 Å². The zero-order chi connectivity index (χ0) is 83.2. The minimum absolute atomic E-state index is 0.00143. The summed E-state index contributed by atoms with van der Waals surface area (Å²) < 4.78 is 138. The summed E-state index contributed by atoms with van der Waals surface area (Å²) >= 11 is 0. The van der Waals surface area contributed by atoms with Gasteiger partial charge in [0.2, 0.25) is 0 Å². The molecule has 9 aromatic rings. The summed E-state index contributed by atoms with van der Waals surface area (Å²) in [5.74, 6) is -3.32. The predicted octanol–water partition coefficient (Wildman–Crippen LogP) is 12.6. The second-order valence-electron chi connectivity index (χ2n) is 29.6. The normalized spacial score (nSPS) is 25.8. The topological polar surface area (TPSA) is 273 Å². The molecule has 20 atom stereocenters. The molecular weight excluding hydrogens is 1540 g/mol. The van der Waals surface area contributed by atoms with E-state index in [0.717, 1.165) is 72.2 Å². The molecule has 0 unspecified atom stereocenters. The molecule has 1 N–H and O–H groups in total. The molecule has 634 valence electrons. The number of carbonyl (C=O) groups excluding carboxylic acids is 4. The van der Waals surface area contributed by atoms with Crippen molar-refractivity contribution in [1.82, 2.24) is 0 Å². The van der Waals surface area contributed by atoms with Gasteiger partial charge in [-0.25, -0.2) is 0 Å². The van der Waals surface area contributed by atoms with Crippen molar-refractivity contribution in [2.45, 2.75) is 210 Å². The van der Waals surface area contributed by atoms with Gasteiger partial charge < -0.3 is 99.8 Å². The summed E-state index contributed by atoms with van der Waals surface area (Å²) in [4.78, 5) is 52.7. The number of aliphatic hydroxyl groups is 1. The first-order valence-electron chi connectivity index (χ1n) is 40.4.